The van der Waals surface area contributed by atoms with Crippen molar-refractivity contribution in [3.8, 4) is 0 Å². The third-order valence-corrected chi connectivity index (χ3v) is 3.85. The second kappa shape index (κ2) is 6.96. The number of rotatable bonds is 4. The van der Waals surface area contributed by atoms with Crippen LogP contribution in [0.25, 0.3) is 0 Å². The highest BCUT2D eigenvalue weighted by Crippen LogP contribution is 2.25. The molecule has 3 nitrogen and oxygen atoms in total. The van der Waals surface area contributed by atoms with E-state index in [2.05, 4.69) is 17.2 Å². The van der Waals surface area contributed by atoms with Crippen molar-refractivity contribution < 1.29 is 9.50 Å². The molecule has 0 spiro atoms. The molecule has 1 fully saturated rings. The molecule has 19 heavy (non-hydrogen) atoms. The topological polar surface area (TPSA) is 45.2 Å². The molecule has 0 saturated carbocycles. The fraction of sp³-hybridized carbons (Fsp3) is 0.667. The van der Waals surface area contributed by atoms with Crippen LogP contribution in [0.5, 0.6) is 0 Å². The van der Waals surface area contributed by atoms with Gasteiger partial charge in [0, 0.05) is 23.8 Å². The van der Waals surface area contributed by atoms with Crippen LogP contribution in [-0.4, -0.2) is 22.2 Å². The van der Waals surface area contributed by atoms with Gasteiger partial charge in [0.25, 0.3) is 0 Å². The van der Waals surface area contributed by atoms with Crippen LogP contribution in [0.4, 0.5) is 4.39 Å². The zero-order valence-electron chi connectivity index (χ0n) is 11.5. The van der Waals surface area contributed by atoms with Crippen LogP contribution in [0.15, 0.2) is 18.5 Å². The molecule has 0 radical (unpaired) electrons. The molecule has 0 aromatic carbocycles. The van der Waals surface area contributed by atoms with Gasteiger partial charge in [-0.05, 0) is 25.3 Å². The van der Waals surface area contributed by atoms with Crippen LogP contribution in [0, 0.1) is 5.82 Å². The van der Waals surface area contributed by atoms with E-state index in [1.165, 1.54) is 18.9 Å². The number of hydrogen-bond donors (Lipinski definition) is 2. The highest BCUT2D eigenvalue weighted by Gasteiger charge is 2.26. The van der Waals surface area contributed by atoms with Gasteiger partial charge >= 0.3 is 0 Å². The maximum absolute atomic E-state index is 13.2. The quantitative estimate of drug-likeness (QED) is 0.880. The minimum atomic E-state index is -0.680. The number of halogens is 1. The zero-order chi connectivity index (χ0) is 13.7. The van der Waals surface area contributed by atoms with Gasteiger partial charge in [-0.3, -0.25) is 4.98 Å². The first-order valence-corrected chi connectivity index (χ1v) is 7.25. The molecule has 1 saturated heterocycles. The molecular formula is C15H23FN2O. The summed E-state index contributed by atoms with van der Waals surface area (Å²) in [5.74, 6) is -0.393. The normalized spacial score (nSPS) is 25.8. The number of aromatic nitrogens is 1. The molecule has 2 rings (SSSR count). The van der Waals surface area contributed by atoms with Crippen molar-refractivity contribution in [3.63, 3.8) is 0 Å². The van der Waals surface area contributed by atoms with E-state index in [9.17, 15) is 9.50 Å². The summed E-state index contributed by atoms with van der Waals surface area (Å²) in [5.41, 5.74) is 0.564. The van der Waals surface area contributed by atoms with Crippen molar-refractivity contribution in [3.05, 3.63) is 29.8 Å². The van der Waals surface area contributed by atoms with E-state index in [1.807, 2.05) is 0 Å². The summed E-state index contributed by atoms with van der Waals surface area (Å²) in [5, 5.41) is 13.9. The van der Waals surface area contributed by atoms with E-state index >= 15 is 0 Å². The van der Waals surface area contributed by atoms with Crippen LogP contribution < -0.4 is 5.32 Å². The molecule has 1 aliphatic rings. The van der Waals surface area contributed by atoms with E-state index in [1.54, 1.807) is 6.20 Å². The lowest BCUT2D eigenvalue weighted by Crippen LogP contribution is -2.40. The molecule has 2 N–H and O–H groups in total. The van der Waals surface area contributed by atoms with Crippen molar-refractivity contribution >= 4 is 0 Å². The largest absolute Gasteiger partial charge is 0.387 e. The number of aliphatic hydroxyl groups is 1. The van der Waals surface area contributed by atoms with Gasteiger partial charge in [0.2, 0.25) is 0 Å². The van der Waals surface area contributed by atoms with E-state index in [0.717, 1.165) is 31.9 Å². The van der Waals surface area contributed by atoms with Gasteiger partial charge in [-0.1, -0.05) is 26.2 Å². The van der Waals surface area contributed by atoms with Gasteiger partial charge in [-0.25, -0.2) is 4.39 Å². The first-order chi connectivity index (χ1) is 9.20. The fourth-order valence-electron chi connectivity index (χ4n) is 2.87. The molecule has 1 aliphatic heterocycles. The van der Waals surface area contributed by atoms with Crippen LogP contribution in [0.3, 0.4) is 0 Å². The maximum Gasteiger partial charge on any atom is 0.141 e. The fourth-order valence-corrected chi connectivity index (χ4v) is 2.87. The van der Waals surface area contributed by atoms with Crippen molar-refractivity contribution in [2.75, 3.05) is 0 Å². The molecule has 0 aliphatic carbocycles. The predicted molar refractivity (Wildman–Crippen MR) is 73.2 cm³/mol. The predicted octanol–water partition coefficient (Wildman–Crippen LogP) is 2.96. The Hall–Kier alpha value is -1.00. The van der Waals surface area contributed by atoms with Gasteiger partial charge in [-0.15, -0.1) is 0 Å². The minimum Gasteiger partial charge on any atom is -0.387 e. The summed E-state index contributed by atoms with van der Waals surface area (Å²) in [6.07, 6.45) is 8.70. The number of nitrogens with one attached hydrogen (secondary N) is 1. The Labute approximate surface area is 114 Å². The Kier molecular flexibility index (Phi) is 5.28. The maximum atomic E-state index is 13.2. The Balaban J connectivity index is 2.06. The van der Waals surface area contributed by atoms with Crippen molar-refractivity contribution in [1.82, 2.24) is 10.3 Å². The smallest absolute Gasteiger partial charge is 0.141 e. The van der Waals surface area contributed by atoms with Crippen molar-refractivity contribution in [1.29, 1.82) is 0 Å². The molecule has 0 amide bonds. The summed E-state index contributed by atoms with van der Waals surface area (Å²) < 4.78 is 13.2. The number of hydrogen-bond acceptors (Lipinski definition) is 3. The summed E-state index contributed by atoms with van der Waals surface area (Å²) in [6.45, 7) is 2.18. The lowest BCUT2D eigenvalue weighted by molar-refractivity contribution is 0.118. The van der Waals surface area contributed by atoms with Gasteiger partial charge in [0.05, 0.1) is 12.3 Å². The Morgan fingerprint density at radius 2 is 2.21 bits per heavy atom. The molecule has 0 unspecified atom stereocenters. The second-order valence-corrected chi connectivity index (χ2v) is 5.42. The first-order valence-electron chi connectivity index (χ1n) is 7.25. The third-order valence-electron chi connectivity index (χ3n) is 3.85. The average molecular weight is 266 g/mol. The van der Waals surface area contributed by atoms with E-state index in [4.69, 9.17) is 0 Å². The highest BCUT2D eigenvalue weighted by molar-refractivity contribution is 5.15. The number of nitrogens with zero attached hydrogens (tertiary/aromatic N) is 1. The van der Waals surface area contributed by atoms with Crippen LogP contribution in [-0.2, 0) is 0 Å². The molecule has 106 valence electrons. The molecule has 1 aromatic heterocycles. The lowest BCUT2D eigenvalue weighted by atomic mass is 9.99. The molecule has 2 heterocycles. The molecule has 3 atom stereocenters. The summed E-state index contributed by atoms with van der Waals surface area (Å²) >= 11 is 0. The second-order valence-electron chi connectivity index (χ2n) is 5.42. The Bertz CT molecular complexity index is 399. The Morgan fingerprint density at radius 3 is 2.95 bits per heavy atom. The van der Waals surface area contributed by atoms with Crippen molar-refractivity contribution in [2.24, 2.45) is 0 Å². The Morgan fingerprint density at radius 1 is 1.42 bits per heavy atom. The number of aliphatic hydroxyl groups excluding tert-OH is 1. The summed E-state index contributed by atoms with van der Waals surface area (Å²) in [4.78, 5) is 3.82. The van der Waals surface area contributed by atoms with E-state index < -0.39 is 11.9 Å². The summed E-state index contributed by atoms with van der Waals surface area (Å²) in [7, 11) is 0. The zero-order valence-corrected chi connectivity index (χ0v) is 11.5. The molecule has 1 aromatic rings. The van der Waals surface area contributed by atoms with E-state index in [0.29, 0.717) is 11.6 Å². The van der Waals surface area contributed by atoms with Gasteiger partial charge < -0.3 is 10.4 Å². The first kappa shape index (κ1) is 14.4. The molecule has 0 bridgehead atoms. The van der Waals surface area contributed by atoms with Crippen molar-refractivity contribution in [2.45, 2.75) is 63.6 Å². The monoisotopic (exact) mass is 266 g/mol. The third kappa shape index (κ3) is 3.98. The molecular weight excluding hydrogens is 243 g/mol. The minimum absolute atomic E-state index is 0.00245. The summed E-state index contributed by atoms with van der Waals surface area (Å²) in [6, 6.07) is 1.84. The van der Waals surface area contributed by atoms with Crippen LogP contribution in [0.1, 0.15) is 57.1 Å². The molecule has 4 heteroatoms. The standard InChI is InChI=1S/C15H23FN2O/c1-2-5-13-6-3-4-7-14(18-13)15(19)11-8-12(16)10-17-9-11/h8-10,13-15,18-19H,2-7H2,1H3/t13-,14-,15-/m1/s1. The van der Waals surface area contributed by atoms with E-state index in [-0.39, 0.29) is 6.04 Å². The van der Waals surface area contributed by atoms with Crippen LogP contribution >= 0.6 is 0 Å². The van der Waals surface area contributed by atoms with Gasteiger partial charge in [-0.2, -0.15) is 0 Å². The number of pyridine rings is 1. The van der Waals surface area contributed by atoms with Crippen LogP contribution in [0.2, 0.25) is 0 Å². The van der Waals surface area contributed by atoms with Gasteiger partial charge in [0.1, 0.15) is 5.82 Å². The average Bonchev–Trinajstić information content (AvgIpc) is 2.64. The van der Waals surface area contributed by atoms with Gasteiger partial charge in [0.15, 0.2) is 0 Å². The highest BCUT2D eigenvalue weighted by atomic mass is 19.1. The SMILES string of the molecule is CCC[C@@H]1CCCC[C@H]([C@H](O)c2cncc(F)c2)N1. The lowest BCUT2D eigenvalue weighted by Gasteiger charge is -2.26.